The molecular formula is C17H17N5OS. The van der Waals surface area contributed by atoms with Gasteiger partial charge >= 0.3 is 0 Å². The summed E-state index contributed by atoms with van der Waals surface area (Å²) in [5, 5.41) is 8.46. The van der Waals surface area contributed by atoms with E-state index in [9.17, 15) is 4.79 Å². The molecule has 0 unspecified atom stereocenters. The van der Waals surface area contributed by atoms with Crippen molar-refractivity contribution in [2.45, 2.75) is 20.3 Å². The Kier molecular flexibility index (Phi) is 4.81. The second kappa shape index (κ2) is 7.18. The molecule has 7 heteroatoms. The van der Waals surface area contributed by atoms with Crippen LogP contribution in [0.25, 0.3) is 0 Å². The summed E-state index contributed by atoms with van der Waals surface area (Å²) in [4.78, 5) is 24.7. The van der Waals surface area contributed by atoms with E-state index in [0.717, 1.165) is 11.3 Å². The second-order valence-electron chi connectivity index (χ2n) is 5.38. The third kappa shape index (κ3) is 4.14. The monoisotopic (exact) mass is 339 g/mol. The van der Waals surface area contributed by atoms with Crippen molar-refractivity contribution in [1.29, 1.82) is 0 Å². The lowest BCUT2D eigenvalue weighted by molar-refractivity contribution is -0.115. The SMILES string of the molecule is Cc1ccc(NC(=O)Cc2csc(Nc3ncccn3)n2)c(C)c1. The highest BCUT2D eigenvalue weighted by Crippen LogP contribution is 2.20. The molecule has 2 heterocycles. The lowest BCUT2D eigenvalue weighted by Gasteiger charge is -2.08. The number of anilines is 3. The van der Waals surface area contributed by atoms with Crippen molar-refractivity contribution >= 4 is 34.0 Å². The average Bonchev–Trinajstić information content (AvgIpc) is 2.98. The number of hydrogen-bond donors (Lipinski definition) is 2. The zero-order valence-electron chi connectivity index (χ0n) is 13.4. The van der Waals surface area contributed by atoms with Crippen molar-refractivity contribution in [3.05, 3.63) is 58.9 Å². The van der Waals surface area contributed by atoms with Gasteiger partial charge in [0, 0.05) is 23.5 Å². The van der Waals surface area contributed by atoms with E-state index in [1.54, 1.807) is 18.5 Å². The van der Waals surface area contributed by atoms with Crippen molar-refractivity contribution in [2.24, 2.45) is 0 Å². The van der Waals surface area contributed by atoms with Gasteiger partial charge in [0.05, 0.1) is 12.1 Å². The maximum Gasteiger partial charge on any atom is 0.230 e. The van der Waals surface area contributed by atoms with Gasteiger partial charge in [-0.25, -0.2) is 15.0 Å². The van der Waals surface area contributed by atoms with Crippen LogP contribution in [0.1, 0.15) is 16.8 Å². The van der Waals surface area contributed by atoms with E-state index in [4.69, 9.17) is 0 Å². The molecule has 0 spiro atoms. The highest BCUT2D eigenvalue weighted by atomic mass is 32.1. The van der Waals surface area contributed by atoms with Crippen LogP contribution in [0, 0.1) is 13.8 Å². The number of hydrogen-bond acceptors (Lipinski definition) is 6. The molecule has 0 saturated heterocycles. The minimum atomic E-state index is -0.0882. The lowest BCUT2D eigenvalue weighted by atomic mass is 10.1. The Bertz CT molecular complexity index is 847. The number of aromatic nitrogens is 3. The van der Waals surface area contributed by atoms with Crippen LogP contribution in [0.4, 0.5) is 16.8 Å². The first-order valence-corrected chi connectivity index (χ1v) is 8.33. The van der Waals surface area contributed by atoms with Crippen LogP contribution >= 0.6 is 11.3 Å². The van der Waals surface area contributed by atoms with E-state index in [0.29, 0.717) is 16.8 Å². The largest absolute Gasteiger partial charge is 0.326 e. The Morgan fingerprint density at radius 1 is 1.21 bits per heavy atom. The molecule has 0 aliphatic heterocycles. The molecule has 3 aromatic rings. The van der Waals surface area contributed by atoms with Crippen LogP contribution in [-0.2, 0) is 11.2 Å². The second-order valence-corrected chi connectivity index (χ2v) is 6.24. The molecule has 0 radical (unpaired) electrons. The number of rotatable bonds is 5. The summed E-state index contributed by atoms with van der Waals surface area (Å²) in [5.41, 5.74) is 3.76. The van der Waals surface area contributed by atoms with Crippen molar-refractivity contribution in [1.82, 2.24) is 15.0 Å². The van der Waals surface area contributed by atoms with Gasteiger partial charge in [-0.15, -0.1) is 11.3 Å². The van der Waals surface area contributed by atoms with E-state index in [-0.39, 0.29) is 12.3 Å². The molecule has 0 atom stereocenters. The molecule has 2 aromatic heterocycles. The zero-order valence-corrected chi connectivity index (χ0v) is 14.2. The molecule has 6 nitrogen and oxygen atoms in total. The van der Waals surface area contributed by atoms with Crippen LogP contribution in [0.5, 0.6) is 0 Å². The molecule has 1 aromatic carbocycles. The number of nitrogens with one attached hydrogen (secondary N) is 2. The maximum absolute atomic E-state index is 12.2. The molecular weight excluding hydrogens is 322 g/mol. The lowest BCUT2D eigenvalue weighted by Crippen LogP contribution is -2.15. The molecule has 3 rings (SSSR count). The van der Waals surface area contributed by atoms with Gasteiger partial charge in [-0.3, -0.25) is 4.79 Å². The number of nitrogens with zero attached hydrogens (tertiary/aromatic N) is 3. The van der Waals surface area contributed by atoms with Crippen LogP contribution in [-0.4, -0.2) is 20.9 Å². The fraction of sp³-hybridized carbons (Fsp3) is 0.176. The highest BCUT2D eigenvalue weighted by molar-refractivity contribution is 7.13. The first-order valence-electron chi connectivity index (χ1n) is 7.46. The number of benzene rings is 1. The molecule has 0 saturated carbocycles. The fourth-order valence-corrected chi connectivity index (χ4v) is 2.92. The van der Waals surface area contributed by atoms with Gasteiger partial charge in [0.25, 0.3) is 0 Å². The standard InChI is InChI=1S/C17H17N5OS/c1-11-4-5-14(12(2)8-11)21-15(23)9-13-10-24-17(20-13)22-16-18-6-3-7-19-16/h3-8,10H,9H2,1-2H3,(H,21,23)(H,18,19,20,22). The Labute approximate surface area is 144 Å². The average molecular weight is 339 g/mol. The Hall–Kier alpha value is -2.80. The Balaban J connectivity index is 1.61. The third-order valence-corrected chi connectivity index (χ3v) is 4.14. The Morgan fingerprint density at radius 3 is 2.75 bits per heavy atom. The van der Waals surface area contributed by atoms with Crippen molar-refractivity contribution in [3.63, 3.8) is 0 Å². The minimum absolute atomic E-state index is 0.0882. The Morgan fingerprint density at radius 2 is 2.00 bits per heavy atom. The summed E-state index contributed by atoms with van der Waals surface area (Å²) in [7, 11) is 0. The van der Waals surface area contributed by atoms with Gasteiger partial charge in [-0.05, 0) is 31.5 Å². The van der Waals surface area contributed by atoms with Crippen molar-refractivity contribution in [2.75, 3.05) is 10.6 Å². The number of carbonyl (C=O) groups excluding carboxylic acids is 1. The summed E-state index contributed by atoms with van der Waals surface area (Å²) in [5.74, 6) is 0.396. The first-order chi connectivity index (χ1) is 11.6. The summed E-state index contributed by atoms with van der Waals surface area (Å²) in [6.45, 7) is 4.01. The minimum Gasteiger partial charge on any atom is -0.326 e. The molecule has 1 amide bonds. The molecule has 24 heavy (non-hydrogen) atoms. The van der Waals surface area contributed by atoms with E-state index in [1.165, 1.54) is 16.9 Å². The molecule has 0 bridgehead atoms. The van der Waals surface area contributed by atoms with Crippen molar-refractivity contribution < 1.29 is 4.79 Å². The zero-order chi connectivity index (χ0) is 16.9. The molecule has 0 aliphatic carbocycles. The number of thiazole rings is 1. The normalized spacial score (nSPS) is 10.4. The molecule has 0 aliphatic rings. The smallest absolute Gasteiger partial charge is 0.230 e. The van der Waals surface area contributed by atoms with E-state index in [2.05, 4.69) is 25.6 Å². The van der Waals surface area contributed by atoms with E-state index >= 15 is 0 Å². The fourth-order valence-electron chi connectivity index (χ4n) is 2.22. The van der Waals surface area contributed by atoms with Gasteiger partial charge in [-0.1, -0.05) is 17.7 Å². The predicted octanol–water partition coefficient (Wildman–Crippen LogP) is 3.47. The molecule has 0 fully saturated rings. The van der Waals surface area contributed by atoms with Crippen LogP contribution < -0.4 is 10.6 Å². The van der Waals surface area contributed by atoms with Crippen LogP contribution in [0.2, 0.25) is 0 Å². The number of carbonyl (C=O) groups is 1. The van der Waals surface area contributed by atoms with Crippen LogP contribution in [0.3, 0.4) is 0 Å². The maximum atomic E-state index is 12.2. The summed E-state index contributed by atoms with van der Waals surface area (Å²) < 4.78 is 0. The summed E-state index contributed by atoms with van der Waals surface area (Å²) >= 11 is 1.42. The van der Waals surface area contributed by atoms with E-state index < -0.39 is 0 Å². The molecule has 122 valence electrons. The number of amides is 1. The highest BCUT2D eigenvalue weighted by Gasteiger charge is 2.10. The molecule has 2 N–H and O–H groups in total. The summed E-state index contributed by atoms with van der Waals surface area (Å²) in [6, 6.07) is 7.69. The van der Waals surface area contributed by atoms with Crippen LogP contribution in [0.15, 0.2) is 42.0 Å². The van der Waals surface area contributed by atoms with Gasteiger partial charge < -0.3 is 10.6 Å². The van der Waals surface area contributed by atoms with Gasteiger partial charge in [0.2, 0.25) is 11.9 Å². The van der Waals surface area contributed by atoms with E-state index in [1.807, 2.05) is 37.4 Å². The van der Waals surface area contributed by atoms with Gasteiger partial charge in [0.15, 0.2) is 5.13 Å². The predicted molar refractivity (Wildman–Crippen MR) is 95.7 cm³/mol. The number of aryl methyl sites for hydroxylation is 2. The van der Waals surface area contributed by atoms with Crippen molar-refractivity contribution in [3.8, 4) is 0 Å². The first kappa shape index (κ1) is 16.1. The van der Waals surface area contributed by atoms with Gasteiger partial charge in [-0.2, -0.15) is 0 Å². The topological polar surface area (TPSA) is 79.8 Å². The van der Waals surface area contributed by atoms with Gasteiger partial charge in [0.1, 0.15) is 0 Å². The summed E-state index contributed by atoms with van der Waals surface area (Å²) in [6.07, 6.45) is 3.53. The third-order valence-electron chi connectivity index (χ3n) is 3.33. The quantitative estimate of drug-likeness (QED) is 0.744.